The van der Waals surface area contributed by atoms with Crippen molar-refractivity contribution >= 4 is 27.3 Å². The molecule has 0 fully saturated rings. The number of sulfonamides is 1. The Morgan fingerprint density at radius 1 is 1.14 bits per heavy atom. The van der Waals surface area contributed by atoms with Crippen LogP contribution in [0.2, 0.25) is 0 Å². The molecule has 0 spiro atoms. The first-order valence-electron chi connectivity index (χ1n) is 9.52. The van der Waals surface area contributed by atoms with Gasteiger partial charge < -0.3 is 14.4 Å². The standard InChI is InChI=1S/C21H26N2O5S/c1-5-23-18-13-15(7-12-19(18)28-14-21(3,4)20(23)24)22-29(25,26)17-10-8-16(9-11-17)27-6-2/h7-13,22H,5-6,14H2,1-4H3. The molecule has 0 unspecified atom stereocenters. The maximum atomic E-state index is 12.9. The molecule has 0 saturated heterocycles. The number of nitrogens with one attached hydrogen (secondary N) is 1. The van der Waals surface area contributed by atoms with Gasteiger partial charge in [-0.05, 0) is 70.2 Å². The number of hydrogen-bond acceptors (Lipinski definition) is 5. The van der Waals surface area contributed by atoms with E-state index in [1.54, 1.807) is 35.2 Å². The van der Waals surface area contributed by atoms with Crippen molar-refractivity contribution in [3.05, 3.63) is 42.5 Å². The summed E-state index contributed by atoms with van der Waals surface area (Å²) >= 11 is 0. The number of hydrogen-bond donors (Lipinski definition) is 1. The number of anilines is 2. The van der Waals surface area contributed by atoms with Gasteiger partial charge in [-0.15, -0.1) is 0 Å². The lowest BCUT2D eigenvalue weighted by Crippen LogP contribution is -2.42. The predicted octanol–water partition coefficient (Wildman–Crippen LogP) is 3.66. The molecule has 0 aliphatic carbocycles. The van der Waals surface area contributed by atoms with Gasteiger partial charge in [0.2, 0.25) is 5.91 Å². The van der Waals surface area contributed by atoms with Crippen molar-refractivity contribution in [1.29, 1.82) is 0 Å². The quantitative estimate of drug-likeness (QED) is 0.774. The van der Waals surface area contributed by atoms with E-state index >= 15 is 0 Å². The highest BCUT2D eigenvalue weighted by molar-refractivity contribution is 7.92. The zero-order valence-electron chi connectivity index (χ0n) is 17.1. The lowest BCUT2D eigenvalue weighted by atomic mass is 9.93. The third-order valence-electron chi connectivity index (χ3n) is 4.68. The molecular weight excluding hydrogens is 392 g/mol. The Morgan fingerprint density at radius 2 is 1.83 bits per heavy atom. The summed E-state index contributed by atoms with van der Waals surface area (Å²) in [6.45, 7) is 8.61. The van der Waals surface area contributed by atoms with Crippen LogP contribution in [0.4, 0.5) is 11.4 Å². The zero-order chi connectivity index (χ0) is 21.2. The summed E-state index contributed by atoms with van der Waals surface area (Å²) < 4.78 is 39.3. The van der Waals surface area contributed by atoms with E-state index < -0.39 is 15.4 Å². The van der Waals surface area contributed by atoms with E-state index in [0.29, 0.717) is 36.0 Å². The third kappa shape index (κ3) is 4.32. The Hall–Kier alpha value is -2.74. The van der Waals surface area contributed by atoms with E-state index in [0.717, 1.165) is 0 Å². The fourth-order valence-electron chi connectivity index (χ4n) is 3.12. The van der Waals surface area contributed by atoms with Crippen LogP contribution in [-0.4, -0.2) is 34.1 Å². The lowest BCUT2D eigenvalue weighted by Gasteiger charge is -2.27. The van der Waals surface area contributed by atoms with Crippen LogP contribution < -0.4 is 19.1 Å². The van der Waals surface area contributed by atoms with Crippen molar-refractivity contribution in [3.63, 3.8) is 0 Å². The van der Waals surface area contributed by atoms with Crippen LogP contribution in [0.1, 0.15) is 27.7 Å². The molecule has 1 amide bonds. The number of carbonyl (C=O) groups is 1. The first kappa shape index (κ1) is 21.0. The smallest absolute Gasteiger partial charge is 0.261 e. The van der Waals surface area contributed by atoms with Crippen LogP contribution in [0.15, 0.2) is 47.4 Å². The monoisotopic (exact) mass is 418 g/mol. The number of nitrogens with zero attached hydrogens (tertiary/aromatic N) is 1. The predicted molar refractivity (Wildman–Crippen MR) is 112 cm³/mol. The Morgan fingerprint density at radius 3 is 2.45 bits per heavy atom. The maximum Gasteiger partial charge on any atom is 0.261 e. The highest BCUT2D eigenvalue weighted by Crippen LogP contribution is 2.38. The number of rotatable bonds is 6. The second kappa shape index (κ2) is 7.94. The molecule has 1 N–H and O–H groups in total. The Labute approximate surface area is 171 Å². The molecule has 156 valence electrons. The summed E-state index contributed by atoms with van der Waals surface area (Å²) in [5, 5.41) is 0. The summed E-state index contributed by atoms with van der Waals surface area (Å²) in [5.74, 6) is 1.09. The van der Waals surface area contributed by atoms with E-state index in [4.69, 9.17) is 9.47 Å². The summed E-state index contributed by atoms with van der Waals surface area (Å²) in [7, 11) is -3.79. The summed E-state index contributed by atoms with van der Waals surface area (Å²) in [5.41, 5.74) is 0.235. The summed E-state index contributed by atoms with van der Waals surface area (Å²) in [6.07, 6.45) is 0. The van der Waals surface area contributed by atoms with Crippen molar-refractivity contribution in [2.75, 3.05) is 29.4 Å². The SMILES string of the molecule is CCOc1ccc(S(=O)(=O)Nc2ccc3c(c2)N(CC)C(=O)C(C)(C)CO3)cc1. The molecule has 0 bridgehead atoms. The van der Waals surface area contributed by atoms with Gasteiger partial charge in [0.15, 0.2) is 0 Å². The van der Waals surface area contributed by atoms with Crippen molar-refractivity contribution in [3.8, 4) is 11.5 Å². The van der Waals surface area contributed by atoms with Gasteiger partial charge in [0, 0.05) is 6.54 Å². The number of ether oxygens (including phenoxy) is 2. The molecule has 2 aromatic carbocycles. The van der Waals surface area contributed by atoms with E-state index in [2.05, 4.69) is 4.72 Å². The van der Waals surface area contributed by atoms with Gasteiger partial charge in [0.25, 0.3) is 10.0 Å². The lowest BCUT2D eigenvalue weighted by molar-refractivity contribution is -0.127. The van der Waals surface area contributed by atoms with Gasteiger partial charge >= 0.3 is 0 Å². The molecule has 1 aliphatic heterocycles. The minimum atomic E-state index is -3.79. The minimum Gasteiger partial charge on any atom is -0.494 e. The van der Waals surface area contributed by atoms with Gasteiger partial charge in [-0.1, -0.05) is 0 Å². The number of carbonyl (C=O) groups excluding carboxylic acids is 1. The minimum absolute atomic E-state index is 0.0646. The van der Waals surface area contributed by atoms with E-state index in [9.17, 15) is 13.2 Å². The molecule has 0 aromatic heterocycles. The van der Waals surface area contributed by atoms with E-state index in [-0.39, 0.29) is 17.4 Å². The van der Waals surface area contributed by atoms with Crippen LogP contribution in [0, 0.1) is 5.41 Å². The molecule has 1 aliphatic rings. The van der Waals surface area contributed by atoms with Crippen molar-refractivity contribution in [2.24, 2.45) is 5.41 Å². The molecule has 0 saturated carbocycles. The highest BCUT2D eigenvalue weighted by atomic mass is 32.2. The van der Waals surface area contributed by atoms with Crippen LogP contribution in [0.5, 0.6) is 11.5 Å². The van der Waals surface area contributed by atoms with Crippen LogP contribution in [0.3, 0.4) is 0 Å². The van der Waals surface area contributed by atoms with Gasteiger partial charge in [-0.3, -0.25) is 9.52 Å². The van der Waals surface area contributed by atoms with Crippen LogP contribution >= 0.6 is 0 Å². The Kier molecular flexibility index (Phi) is 5.75. The average Bonchev–Trinajstić information content (AvgIpc) is 2.77. The zero-order valence-corrected chi connectivity index (χ0v) is 17.9. The van der Waals surface area contributed by atoms with Crippen molar-refractivity contribution in [1.82, 2.24) is 0 Å². The normalized spacial score (nSPS) is 15.9. The van der Waals surface area contributed by atoms with Gasteiger partial charge in [-0.25, -0.2) is 8.42 Å². The number of fused-ring (bicyclic) bond motifs is 1. The maximum absolute atomic E-state index is 12.9. The molecule has 1 heterocycles. The second-order valence-electron chi connectivity index (χ2n) is 7.41. The van der Waals surface area contributed by atoms with Gasteiger partial charge in [-0.2, -0.15) is 0 Å². The molecule has 8 heteroatoms. The largest absolute Gasteiger partial charge is 0.494 e. The van der Waals surface area contributed by atoms with Crippen LogP contribution in [-0.2, 0) is 14.8 Å². The van der Waals surface area contributed by atoms with Crippen LogP contribution in [0.25, 0.3) is 0 Å². The number of benzene rings is 2. The number of amides is 1. The topological polar surface area (TPSA) is 84.9 Å². The first-order chi connectivity index (χ1) is 13.7. The third-order valence-corrected chi connectivity index (χ3v) is 6.07. The summed E-state index contributed by atoms with van der Waals surface area (Å²) in [4.78, 5) is 14.6. The second-order valence-corrected chi connectivity index (χ2v) is 9.10. The fraction of sp³-hybridized carbons (Fsp3) is 0.381. The first-order valence-corrected chi connectivity index (χ1v) is 11.0. The van der Waals surface area contributed by atoms with Gasteiger partial charge in [0.1, 0.15) is 18.1 Å². The Bertz CT molecular complexity index is 1000. The molecule has 7 nitrogen and oxygen atoms in total. The molecule has 29 heavy (non-hydrogen) atoms. The molecule has 0 atom stereocenters. The average molecular weight is 419 g/mol. The fourth-order valence-corrected chi connectivity index (χ4v) is 4.17. The molecule has 3 rings (SSSR count). The van der Waals surface area contributed by atoms with Gasteiger partial charge in [0.05, 0.1) is 28.3 Å². The molecule has 2 aromatic rings. The van der Waals surface area contributed by atoms with E-state index in [1.807, 2.05) is 27.7 Å². The highest BCUT2D eigenvalue weighted by Gasteiger charge is 2.37. The van der Waals surface area contributed by atoms with Crippen molar-refractivity contribution < 1.29 is 22.7 Å². The summed E-state index contributed by atoms with van der Waals surface area (Å²) in [6, 6.07) is 11.1. The van der Waals surface area contributed by atoms with E-state index in [1.165, 1.54) is 12.1 Å². The molecule has 0 radical (unpaired) electrons. The van der Waals surface area contributed by atoms with Crippen molar-refractivity contribution in [2.45, 2.75) is 32.6 Å². The molecular formula is C21H26N2O5S. The Balaban J connectivity index is 1.90.